The lowest BCUT2D eigenvalue weighted by Gasteiger charge is -1.91. The van der Waals surface area contributed by atoms with E-state index in [0.717, 1.165) is 17.8 Å². The average molecular weight is 174 g/mol. The zero-order chi connectivity index (χ0) is 9.10. The number of nitrogens with one attached hydrogen (secondary N) is 1. The van der Waals surface area contributed by atoms with Crippen LogP contribution in [0.4, 0.5) is 0 Å². The van der Waals surface area contributed by atoms with Crippen LogP contribution in [0.25, 0.3) is 11.5 Å². The number of aromatic nitrogens is 4. The second-order valence-electron chi connectivity index (χ2n) is 2.70. The van der Waals surface area contributed by atoms with Crippen LogP contribution in [0.2, 0.25) is 0 Å². The molecule has 0 spiro atoms. The quantitative estimate of drug-likeness (QED) is 0.749. The van der Waals surface area contributed by atoms with E-state index >= 15 is 0 Å². The predicted octanol–water partition coefficient (Wildman–Crippen LogP) is 1.43. The lowest BCUT2D eigenvalue weighted by molar-refractivity contribution is 0.972. The van der Waals surface area contributed by atoms with Gasteiger partial charge in [-0.1, -0.05) is 6.92 Å². The van der Waals surface area contributed by atoms with Crippen molar-refractivity contribution in [3.05, 3.63) is 30.2 Å². The van der Waals surface area contributed by atoms with Gasteiger partial charge in [0.15, 0.2) is 5.82 Å². The Kier molecular flexibility index (Phi) is 2.04. The second kappa shape index (κ2) is 3.35. The van der Waals surface area contributed by atoms with Crippen molar-refractivity contribution >= 4 is 0 Å². The van der Waals surface area contributed by atoms with Gasteiger partial charge in [0.05, 0.1) is 5.69 Å². The Bertz CT molecular complexity index is 380. The lowest BCUT2D eigenvalue weighted by Crippen LogP contribution is -1.85. The number of hydrogen-bond acceptors (Lipinski definition) is 3. The van der Waals surface area contributed by atoms with E-state index in [9.17, 15) is 0 Å². The minimum Gasteiger partial charge on any atom is -0.274 e. The summed E-state index contributed by atoms with van der Waals surface area (Å²) in [6, 6.07) is 3.76. The summed E-state index contributed by atoms with van der Waals surface area (Å²) in [6.45, 7) is 2.06. The third-order valence-corrected chi connectivity index (χ3v) is 1.80. The molecule has 0 aliphatic carbocycles. The summed E-state index contributed by atoms with van der Waals surface area (Å²) in [5, 5.41) is 7.00. The van der Waals surface area contributed by atoms with Gasteiger partial charge in [-0.3, -0.25) is 5.10 Å². The largest absolute Gasteiger partial charge is 0.274 e. The molecule has 0 aliphatic heterocycles. The molecule has 0 amide bonds. The van der Waals surface area contributed by atoms with Crippen LogP contribution >= 0.6 is 0 Å². The molecular formula is C9H10N4. The minimum absolute atomic E-state index is 0.690. The third kappa shape index (κ3) is 1.56. The number of nitrogens with zero attached hydrogens (tertiary/aromatic N) is 3. The summed E-state index contributed by atoms with van der Waals surface area (Å²) in [7, 11) is 0. The maximum Gasteiger partial charge on any atom is 0.177 e. The molecule has 2 aromatic heterocycles. The monoisotopic (exact) mass is 174 g/mol. The Morgan fingerprint density at radius 1 is 1.31 bits per heavy atom. The van der Waals surface area contributed by atoms with Crippen LogP contribution in [0.5, 0.6) is 0 Å². The molecule has 2 rings (SSSR count). The van der Waals surface area contributed by atoms with E-state index in [1.54, 1.807) is 18.5 Å². The van der Waals surface area contributed by atoms with Crippen molar-refractivity contribution in [3.8, 4) is 11.5 Å². The van der Waals surface area contributed by atoms with Gasteiger partial charge in [-0.2, -0.15) is 5.10 Å². The van der Waals surface area contributed by atoms with Gasteiger partial charge in [-0.25, -0.2) is 9.97 Å². The maximum absolute atomic E-state index is 4.11. The first kappa shape index (κ1) is 7.91. The van der Waals surface area contributed by atoms with E-state index < -0.39 is 0 Å². The van der Waals surface area contributed by atoms with Crippen molar-refractivity contribution in [3.63, 3.8) is 0 Å². The molecule has 0 radical (unpaired) electrons. The van der Waals surface area contributed by atoms with Crippen LogP contribution < -0.4 is 0 Å². The topological polar surface area (TPSA) is 54.5 Å². The highest BCUT2D eigenvalue weighted by Crippen LogP contribution is 2.11. The van der Waals surface area contributed by atoms with Crippen molar-refractivity contribution < 1.29 is 0 Å². The number of rotatable bonds is 2. The number of aryl methyl sites for hydroxylation is 1. The summed E-state index contributed by atoms with van der Waals surface area (Å²) in [5.74, 6) is 0.690. The molecule has 4 nitrogen and oxygen atoms in total. The SMILES string of the molecule is CCc1cc(-c2ncccn2)[nH]n1. The summed E-state index contributed by atoms with van der Waals surface area (Å²) < 4.78 is 0. The number of H-pyrrole nitrogens is 1. The molecule has 0 aliphatic rings. The average Bonchev–Trinajstić information content (AvgIpc) is 2.67. The van der Waals surface area contributed by atoms with Gasteiger partial charge in [0.2, 0.25) is 0 Å². The standard InChI is InChI=1S/C9H10N4/c1-2-7-6-8(13-12-7)9-10-4-3-5-11-9/h3-6H,2H2,1H3,(H,12,13). The van der Waals surface area contributed by atoms with E-state index in [-0.39, 0.29) is 0 Å². The van der Waals surface area contributed by atoms with Gasteiger partial charge in [-0.05, 0) is 18.6 Å². The highest BCUT2D eigenvalue weighted by molar-refractivity contribution is 5.48. The fourth-order valence-corrected chi connectivity index (χ4v) is 1.10. The minimum atomic E-state index is 0.690. The van der Waals surface area contributed by atoms with Gasteiger partial charge in [0.25, 0.3) is 0 Å². The Balaban J connectivity index is 2.36. The molecule has 66 valence electrons. The van der Waals surface area contributed by atoms with E-state index in [1.165, 1.54) is 0 Å². The third-order valence-electron chi connectivity index (χ3n) is 1.80. The summed E-state index contributed by atoms with van der Waals surface area (Å²) in [4.78, 5) is 8.23. The van der Waals surface area contributed by atoms with Crippen LogP contribution in [0, 0.1) is 0 Å². The second-order valence-corrected chi connectivity index (χ2v) is 2.70. The Hall–Kier alpha value is -1.71. The lowest BCUT2D eigenvalue weighted by atomic mass is 10.3. The molecular weight excluding hydrogens is 164 g/mol. The van der Waals surface area contributed by atoms with Crippen LogP contribution in [0.1, 0.15) is 12.6 Å². The molecule has 4 heteroatoms. The smallest absolute Gasteiger partial charge is 0.177 e. The first-order chi connectivity index (χ1) is 6.40. The van der Waals surface area contributed by atoms with Crippen LogP contribution in [-0.4, -0.2) is 20.2 Å². The van der Waals surface area contributed by atoms with Gasteiger partial charge < -0.3 is 0 Å². The molecule has 0 saturated carbocycles. The van der Waals surface area contributed by atoms with Crippen molar-refractivity contribution in [2.75, 3.05) is 0 Å². The molecule has 0 atom stereocenters. The normalized spacial score (nSPS) is 10.2. The summed E-state index contributed by atoms with van der Waals surface area (Å²) in [5.41, 5.74) is 1.90. The Morgan fingerprint density at radius 3 is 2.69 bits per heavy atom. The van der Waals surface area contributed by atoms with Gasteiger partial charge in [0.1, 0.15) is 5.69 Å². The van der Waals surface area contributed by atoms with Crippen molar-refractivity contribution in [2.24, 2.45) is 0 Å². The number of hydrogen-bond donors (Lipinski definition) is 1. The molecule has 2 heterocycles. The van der Waals surface area contributed by atoms with Crippen molar-refractivity contribution in [1.82, 2.24) is 20.2 Å². The fourth-order valence-electron chi connectivity index (χ4n) is 1.10. The zero-order valence-electron chi connectivity index (χ0n) is 7.36. The Morgan fingerprint density at radius 2 is 2.08 bits per heavy atom. The van der Waals surface area contributed by atoms with Crippen molar-refractivity contribution in [1.29, 1.82) is 0 Å². The molecule has 0 fully saturated rings. The highest BCUT2D eigenvalue weighted by Gasteiger charge is 2.03. The summed E-state index contributed by atoms with van der Waals surface area (Å²) in [6.07, 6.45) is 4.35. The van der Waals surface area contributed by atoms with E-state index in [1.807, 2.05) is 6.07 Å². The van der Waals surface area contributed by atoms with E-state index in [2.05, 4.69) is 27.1 Å². The Labute approximate surface area is 76.1 Å². The molecule has 0 bridgehead atoms. The highest BCUT2D eigenvalue weighted by atomic mass is 15.1. The summed E-state index contributed by atoms with van der Waals surface area (Å²) >= 11 is 0. The molecule has 13 heavy (non-hydrogen) atoms. The molecule has 1 N–H and O–H groups in total. The van der Waals surface area contributed by atoms with Crippen LogP contribution in [0.15, 0.2) is 24.5 Å². The molecule has 2 aromatic rings. The zero-order valence-corrected chi connectivity index (χ0v) is 7.36. The first-order valence-corrected chi connectivity index (χ1v) is 4.22. The van der Waals surface area contributed by atoms with Gasteiger partial charge >= 0.3 is 0 Å². The first-order valence-electron chi connectivity index (χ1n) is 4.22. The van der Waals surface area contributed by atoms with E-state index in [0.29, 0.717) is 5.82 Å². The molecule has 0 unspecified atom stereocenters. The van der Waals surface area contributed by atoms with E-state index in [4.69, 9.17) is 0 Å². The molecule has 0 aromatic carbocycles. The van der Waals surface area contributed by atoms with Gasteiger partial charge in [0, 0.05) is 12.4 Å². The molecule has 0 saturated heterocycles. The van der Waals surface area contributed by atoms with Crippen molar-refractivity contribution in [2.45, 2.75) is 13.3 Å². The fraction of sp³-hybridized carbons (Fsp3) is 0.222. The van der Waals surface area contributed by atoms with Crippen LogP contribution in [0.3, 0.4) is 0 Å². The predicted molar refractivity (Wildman–Crippen MR) is 49.0 cm³/mol. The van der Waals surface area contributed by atoms with Gasteiger partial charge in [-0.15, -0.1) is 0 Å². The van der Waals surface area contributed by atoms with Crippen LogP contribution in [-0.2, 0) is 6.42 Å². The number of aromatic amines is 1. The maximum atomic E-state index is 4.11.